The molecule has 3 heterocycles. The van der Waals surface area contributed by atoms with E-state index in [1.54, 1.807) is 5.38 Å². The molecule has 3 aromatic heterocycles. The van der Waals surface area contributed by atoms with Gasteiger partial charge in [0, 0.05) is 22.4 Å². The fraction of sp³-hybridized carbons (Fsp3) is 0.0769. The van der Waals surface area contributed by atoms with E-state index < -0.39 is 11.5 Å². The van der Waals surface area contributed by atoms with Crippen molar-refractivity contribution in [1.82, 2.24) is 10.2 Å². The molecule has 124 valence electrons. The summed E-state index contributed by atoms with van der Waals surface area (Å²) in [6.45, 7) is 0. The first kappa shape index (κ1) is 17.1. The summed E-state index contributed by atoms with van der Waals surface area (Å²) in [5.41, 5.74) is -0.0153. The number of amides is 1. The fourth-order valence-electron chi connectivity index (χ4n) is 1.72. The molecule has 7 nitrogen and oxygen atoms in total. The summed E-state index contributed by atoms with van der Waals surface area (Å²) in [6, 6.07) is 1.34. The summed E-state index contributed by atoms with van der Waals surface area (Å²) in [6.07, 6.45) is 0. The van der Waals surface area contributed by atoms with Gasteiger partial charge in [-0.15, -0.1) is 10.2 Å². The van der Waals surface area contributed by atoms with Crippen molar-refractivity contribution in [2.75, 3.05) is 12.4 Å². The summed E-state index contributed by atoms with van der Waals surface area (Å²) in [5.74, 6) is -0.829. The number of carbonyl (C=O) groups excluding carboxylic acids is 1. The molecular formula is C13H7BrClN3O4S2. The second kappa shape index (κ2) is 7.01. The zero-order valence-electron chi connectivity index (χ0n) is 11.8. The van der Waals surface area contributed by atoms with E-state index in [1.165, 1.54) is 24.5 Å². The van der Waals surface area contributed by atoms with Gasteiger partial charge in [0.1, 0.15) is 0 Å². The smallest absolute Gasteiger partial charge is 0.380 e. The number of ether oxygens (including phenoxy) is 1. The Labute approximate surface area is 156 Å². The number of carbonyl (C=O) groups is 1. The van der Waals surface area contributed by atoms with Crippen molar-refractivity contribution in [2.24, 2.45) is 0 Å². The molecule has 11 heteroatoms. The number of rotatable bonds is 4. The quantitative estimate of drug-likeness (QED) is 0.650. The second-order valence-corrected chi connectivity index (χ2v) is 7.26. The molecule has 0 saturated carbocycles. The number of hydrogen-bond acceptors (Lipinski definition) is 8. The summed E-state index contributed by atoms with van der Waals surface area (Å²) < 4.78 is 10.1. The SMILES string of the molecule is COc1c(Br)cc(C(=O)Nc2nnc(-c3cscc3Cl)s2)oc1=O. The molecule has 0 bridgehead atoms. The van der Waals surface area contributed by atoms with E-state index in [0.29, 0.717) is 14.5 Å². The van der Waals surface area contributed by atoms with Crippen LogP contribution < -0.4 is 15.7 Å². The highest BCUT2D eigenvalue weighted by Crippen LogP contribution is 2.34. The average Bonchev–Trinajstić information content (AvgIpc) is 3.15. The van der Waals surface area contributed by atoms with Gasteiger partial charge in [0.05, 0.1) is 16.6 Å². The third kappa shape index (κ3) is 3.36. The van der Waals surface area contributed by atoms with Crippen molar-refractivity contribution >= 4 is 61.2 Å². The number of nitrogens with zero attached hydrogens (tertiary/aromatic N) is 2. The second-order valence-electron chi connectivity index (χ2n) is 4.28. The fourth-order valence-corrected chi connectivity index (χ4v) is 4.21. The molecule has 0 aliphatic carbocycles. The minimum absolute atomic E-state index is 0.0168. The predicted molar refractivity (Wildman–Crippen MR) is 95.4 cm³/mol. The van der Waals surface area contributed by atoms with Gasteiger partial charge in [0.2, 0.25) is 10.9 Å². The van der Waals surface area contributed by atoms with Gasteiger partial charge in [-0.2, -0.15) is 11.3 Å². The van der Waals surface area contributed by atoms with Crippen molar-refractivity contribution in [3.05, 3.63) is 42.5 Å². The van der Waals surface area contributed by atoms with Gasteiger partial charge >= 0.3 is 5.63 Å². The van der Waals surface area contributed by atoms with Gasteiger partial charge < -0.3 is 9.15 Å². The Morgan fingerprint density at radius 2 is 2.21 bits per heavy atom. The maximum Gasteiger partial charge on any atom is 0.380 e. The van der Waals surface area contributed by atoms with Crippen molar-refractivity contribution in [2.45, 2.75) is 0 Å². The Bertz CT molecular complexity index is 968. The molecule has 0 aliphatic rings. The van der Waals surface area contributed by atoms with Gasteiger partial charge in [-0.05, 0) is 15.9 Å². The zero-order chi connectivity index (χ0) is 17.3. The Balaban J connectivity index is 1.82. The molecule has 0 aromatic carbocycles. The topological polar surface area (TPSA) is 94.3 Å². The molecule has 0 atom stereocenters. The van der Waals surface area contributed by atoms with Crippen molar-refractivity contribution < 1.29 is 13.9 Å². The molecule has 0 unspecified atom stereocenters. The lowest BCUT2D eigenvalue weighted by Crippen LogP contribution is -2.15. The van der Waals surface area contributed by atoms with E-state index in [-0.39, 0.29) is 16.6 Å². The molecule has 3 aromatic rings. The van der Waals surface area contributed by atoms with E-state index in [4.69, 9.17) is 20.8 Å². The van der Waals surface area contributed by atoms with Crippen LogP contribution in [0.15, 0.2) is 30.5 Å². The Hall–Kier alpha value is -1.75. The van der Waals surface area contributed by atoms with Crippen LogP contribution in [-0.4, -0.2) is 23.2 Å². The van der Waals surface area contributed by atoms with Crippen LogP contribution in [0, 0.1) is 0 Å². The van der Waals surface area contributed by atoms with Gasteiger partial charge in [-0.25, -0.2) is 4.79 Å². The lowest BCUT2D eigenvalue weighted by Gasteiger charge is -2.03. The first-order valence-corrected chi connectivity index (χ1v) is 9.17. The van der Waals surface area contributed by atoms with Crippen LogP contribution in [0.2, 0.25) is 5.02 Å². The largest absolute Gasteiger partial charge is 0.489 e. The maximum absolute atomic E-state index is 12.2. The van der Waals surface area contributed by atoms with Gasteiger partial charge in [0.15, 0.2) is 10.8 Å². The van der Waals surface area contributed by atoms with E-state index in [9.17, 15) is 9.59 Å². The molecule has 0 saturated heterocycles. The molecule has 1 N–H and O–H groups in total. The summed E-state index contributed by atoms with van der Waals surface area (Å²) in [7, 11) is 1.33. The highest BCUT2D eigenvalue weighted by atomic mass is 79.9. The molecule has 0 radical (unpaired) electrons. The van der Waals surface area contributed by atoms with Crippen LogP contribution >= 0.6 is 50.2 Å². The van der Waals surface area contributed by atoms with Crippen LogP contribution in [0.5, 0.6) is 5.75 Å². The Morgan fingerprint density at radius 3 is 2.83 bits per heavy atom. The lowest BCUT2D eigenvalue weighted by molar-refractivity contribution is 0.0991. The minimum atomic E-state index is -0.764. The lowest BCUT2D eigenvalue weighted by atomic mass is 10.3. The molecule has 0 spiro atoms. The summed E-state index contributed by atoms with van der Waals surface area (Å²) >= 11 is 11.8. The number of thiophene rings is 1. The number of nitrogens with one attached hydrogen (secondary N) is 1. The van der Waals surface area contributed by atoms with Gasteiger partial charge in [0.25, 0.3) is 5.91 Å². The Morgan fingerprint density at radius 1 is 1.42 bits per heavy atom. The van der Waals surface area contributed by atoms with Crippen LogP contribution in [0.4, 0.5) is 5.13 Å². The maximum atomic E-state index is 12.2. The summed E-state index contributed by atoms with van der Waals surface area (Å²) in [5, 5.41) is 15.4. The molecule has 0 fully saturated rings. The standard InChI is InChI=1S/C13H7BrClN3O4S2/c1-21-9-6(14)2-8(22-12(9)20)10(19)16-13-18-17-11(24-13)5-3-23-4-7(5)15/h2-4H,1H3,(H,16,18,19). The van der Waals surface area contributed by atoms with E-state index in [2.05, 4.69) is 31.4 Å². The van der Waals surface area contributed by atoms with E-state index in [0.717, 1.165) is 16.9 Å². The van der Waals surface area contributed by atoms with Crippen molar-refractivity contribution in [3.63, 3.8) is 0 Å². The zero-order valence-corrected chi connectivity index (χ0v) is 15.8. The number of hydrogen-bond donors (Lipinski definition) is 1. The molecule has 1 amide bonds. The monoisotopic (exact) mass is 447 g/mol. The highest BCUT2D eigenvalue weighted by molar-refractivity contribution is 9.10. The van der Waals surface area contributed by atoms with E-state index >= 15 is 0 Å². The third-order valence-electron chi connectivity index (χ3n) is 2.78. The van der Waals surface area contributed by atoms with Crippen molar-refractivity contribution in [1.29, 1.82) is 0 Å². The van der Waals surface area contributed by atoms with Crippen molar-refractivity contribution in [3.8, 4) is 16.3 Å². The van der Waals surface area contributed by atoms with Crippen LogP contribution in [0.3, 0.4) is 0 Å². The predicted octanol–water partition coefficient (Wildman–Crippen LogP) is 3.90. The molecule has 24 heavy (non-hydrogen) atoms. The van der Waals surface area contributed by atoms with E-state index in [1.807, 2.05) is 5.38 Å². The number of aromatic nitrogens is 2. The van der Waals surface area contributed by atoms with Gasteiger partial charge in [-0.3, -0.25) is 10.1 Å². The molecule has 0 aliphatic heterocycles. The van der Waals surface area contributed by atoms with Crippen LogP contribution in [0.1, 0.15) is 10.6 Å². The normalized spacial score (nSPS) is 10.6. The van der Waals surface area contributed by atoms with Gasteiger partial charge in [-0.1, -0.05) is 22.9 Å². The molecule has 3 rings (SSSR count). The third-order valence-corrected chi connectivity index (χ3v) is 5.43. The molecular weight excluding hydrogens is 442 g/mol. The summed E-state index contributed by atoms with van der Waals surface area (Å²) in [4.78, 5) is 23.9. The average molecular weight is 449 g/mol. The van der Waals surface area contributed by atoms with Crippen LogP contribution in [-0.2, 0) is 0 Å². The first-order chi connectivity index (χ1) is 11.5. The van der Waals surface area contributed by atoms with Crippen LogP contribution in [0.25, 0.3) is 10.6 Å². The number of methoxy groups -OCH3 is 1. The Kier molecular flexibility index (Phi) is 4.99. The number of anilines is 1. The first-order valence-electron chi connectivity index (χ1n) is 6.24. The number of halogens is 2. The highest BCUT2D eigenvalue weighted by Gasteiger charge is 2.18. The minimum Gasteiger partial charge on any atom is -0.489 e.